The molecule has 1 atom stereocenters. The molecule has 0 aliphatic heterocycles. The van der Waals surface area contributed by atoms with Gasteiger partial charge < -0.3 is 5.43 Å². The fourth-order valence-electron chi connectivity index (χ4n) is 2.32. The maximum atomic E-state index is 5.96. The van der Waals surface area contributed by atoms with Crippen LogP contribution >= 0.6 is 11.6 Å². The quantitative estimate of drug-likeness (QED) is 0.827. The average molecular weight is 277 g/mol. The summed E-state index contributed by atoms with van der Waals surface area (Å²) >= 11 is 5.96. The maximum absolute atomic E-state index is 5.96. The first-order valence-corrected chi connectivity index (χ1v) is 7.16. The van der Waals surface area contributed by atoms with Gasteiger partial charge in [0.2, 0.25) is 0 Å². The number of aryl methyl sites for hydroxylation is 2. The summed E-state index contributed by atoms with van der Waals surface area (Å²) in [6.07, 6.45) is 2.23. The van der Waals surface area contributed by atoms with E-state index in [0.717, 1.165) is 17.9 Å². The molecule has 2 rings (SSSR count). The monoisotopic (exact) mass is 276 g/mol. The van der Waals surface area contributed by atoms with Crippen molar-refractivity contribution in [2.24, 2.45) is 0 Å². The van der Waals surface area contributed by atoms with Crippen LogP contribution in [0.5, 0.6) is 0 Å². The Kier molecular flexibility index (Phi) is 4.54. The Hall–Kier alpha value is -1.41. The minimum absolute atomic E-state index is 0.312. The van der Waals surface area contributed by atoms with Crippen molar-refractivity contribution >= 4 is 11.6 Å². The lowest BCUT2D eigenvalue weighted by Gasteiger charge is -2.23. The third kappa shape index (κ3) is 3.32. The van der Waals surface area contributed by atoms with Gasteiger partial charge in [-0.15, -0.1) is 0 Å². The molecule has 19 heavy (non-hydrogen) atoms. The lowest BCUT2D eigenvalue weighted by molar-refractivity contribution is 0.599. The van der Waals surface area contributed by atoms with Crippen LogP contribution in [0, 0.1) is 13.8 Å². The van der Waals surface area contributed by atoms with E-state index in [1.165, 1.54) is 17.0 Å². The molecule has 0 bridgehead atoms. The maximum Gasteiger partial charge on any atom is 0.0673 e. The molecule has 0 aliphatic carbocycles. The highest BCUT2D eigenvalue weighted by atomic mass is 35.5. The first-order valence-electron chi connectivity index (χ1n) is 6.78. The molecule has 1 aromatic carbocycles. The zero-order valence-electron chi connectivity index (χ0n) is 11.8. The Morgan fingerprint density at radius 1 is 1.05 bits per heavy atom. The number of halogens is 1. The van der Waals surface area contributed by atoms with E-state index in [1.54, 1.807) is 0 Å². The number of hydrogen-bond donors (Lipinski definition) is 1. The predicted molar refractivity (Wildman–Crippen MR) is 82.4 cm³/mol. The van der Waals surface area contributed by atoms with Crippen molar-refractivity contribution in [2.45, 2.75) is 39.7 Å². The summed E-state index contributed by atoms with van der Waals surface area (Å²) in [5.74, 6) is 0. The van der Waals surface area contributed by atoms with Crippen LogP contribution in [0.2, 0.25) is 5.02 Å². The molecule has 1 N–H and O–H groups in total. The number of rotatable bonds is 5. The second-order valence-corrected chi connectivity index (χ2v) is 5.41. The van der Waals surface area contributed by atoms with E-state index in [0.29, 0.717) is 6.04 Å². The molecule has 0 fully saturated rings. The molecule has 1 unspecified atom stereocenters. The first-order chi connectivity index (χ1) is 9.11. The largest absolute Gasteiger partial charge is 0.318 e. The van der Waals surface area contributed by atoms with E-state index < -0.39 is 0 Å². The number of aromatic nitrogens is 1. The highest BCUT2D eigenvalue weighted by molar-refractivity contribution is 6.30. The van der Waals surface area contributed by atoms with Crippen molar-refractivity contribution < 1.29 is 0 Å². The van der Waals surface area contributed by atoms with Gasteiger partial charge in [-0.2, -0.15) is 0 Å². The molecule has 3 heteroatoms. The van der Waals surface area contributed by atoms with Crippen LogP contribution in [0.3, 0.4) is 0 Å². The van der Waals surface area contributed by atoms with Crippen LogP contribution in [0.25, 0.3) is 0 Å². The minimum Gasteiger partial charge on any atom is -0.318 e. The topological polar surface area (TPSA) is 17.0 Å². The molecule has 1 heterocycles. The third-order valence-corrected chi connectivity index (χ3v) is 3.66. The molecule has 0 saturated heterocycles. The van der Waals surface area contributed by atoms with Crippen LogP contribution < -0.4 is 5.43 Å². The Morgan fingerprint density at radius 3 is 2.16 bits per heavy atom. The van der Waals surface area contributed by atoms with Gasteiger partial charge in [0, 0.05) is 16.4 Å². The third-order valence-electron chi connectivity index (χ3n) is 3.41. The Morgan fingerprint density at radius 2 is 1.63 bits per heavy atom. The number of benzene rings is 1. The minimum atomic E-state index is 0.312. The lowest BCUT2D eigenvalue weighted by Crippen LogP contribution is -2.23. The Bertz CT molecular complexity index is 509. The van der Waals surface area contributed by atoms with Crippen LogP contribution in [-0.4, -0.2) is 4.68 Å². The standard InChI is InChI=1S/C16H21ClN2/c1-4-5-16(14-8-10-15(17)11-9-14)18-19-12(2)6-7-13(19)3/h6-11,16,18H,4-5H2,1-3H3. The Labute approximate surface area is 120 Å². The number of hydrogen-bond acceptors (Lipinski definition) is 1. The van der Waals surface area contributed by atoms with E-state index in [2.05, 4.69) is 55.1 Å². The summed E-state index contributed by atoms with van der Waals surface area (Å²) in [6.45, 7) is 6.44. The average Bonchev–Trinajstić information content (AvgIpc) is 2.71. The summed E-state index contributed by atoms with van der Waals surface area (Å²) in [4.78, 5) is 0. The van der Waals surface area contributed by atoms with Gasteiger partial charge in [0.1, 0.15) is 0 Å². The normalized spacial score (nSPS) is 12.4. The van der Waals surface area contributed by atoms with Crippen molar-refractivity contribution in [1.29, 1.82) is 0 Å². The summed E-state index contributed by atoms with van der Waals surface area (Å²) < 4.78 is 2.16. The first kappa shape index (κ1) is 14.0. The van der Waals surface area contributed by atoms with Gasteiger partial charge in [-0.1, -0.05) is 37.1 Å². The van der Waals surface area contributed by atoms with Gasteiger partial charge in [-0.3, -0.25) is 4.68 Å². The van der Waals surface area contributed by atoms with Gasteiger partial charge in [0.05, 0.1) is 6.04 Å². The van der Waals surface area contributed by atoms with Crippen molar-refractivity contribution in [2.75, 3.05) is 5.43 Å². The zero-order valence-corrected chi connectivity index (χ0v) is 12.5. The molecule has 0 radical (unpaired) electrons. The van der Waals surface area contributed by atoms with Crippen LogP contribution in [0.1, 0.15) is 42.8 Å². The summed E-state index contributed by atoms with van der Waals surface area (Å²) in [7, 11) is 0. The number of nitrogens with one attached hydrogen (secondary N) is 1. The van der Waals surface area contributed by atoms with E-state index in [9.17, 15) is 0 Å². The van der Waals surface area contributed by atoms with E-state index in [1.807, 2.05) is 12.1 Å². The highest BCUT2D eigenvalue weighted by Crippen LogP contribution is 2.22. The molecular formula is C16H21ClN2. The van der Waals surface area contributed by atoms with Gasteiger partial charge in [-0.25, -0.2) is 0 Å². The van der Waals surface area contributed by atoms with E-state index in [4.69, 9.17) is 11.6 Å². The van der Waals surface area contributed by atoms with Crippen LogP contribution in [0.4, 0.5) is 0 Å². The summed E-state index contributed by atoms with van der Waals surface area (Å²) in [5, 5.41) is 0.785. The van der Waals surface area contributed by atoms with Gasteiger partial charge >= 0.3 is 0 Å². The summed E-state index contributed by atoms with van der Waals surface area (Å²) in [5.41, 5.74) is 7.34. The summed E-state index contributed by atoms with van der Waals surface area (Å²) in [6, 6.07) is 12.7. The SMILES string of the molecule is CCCC(Nn1c(C)ccc1C)c1ccc(Cl)cc1. The smallest absolute Gasteiger partial charge is 0.0673 e. The zero-order chi connectivity index (χ0) is 13.8. The van der Waals surface area contributed by atoms with Crippen molar-refractivity contribution in [3.8, 4) is 0 Å². The molecular weight excluding hydrogens is 256 g/mol. The molecule has 0 saturated carbocycles. The number of nitrogens with zero attached hydrogens (tertiary/aromatic N) is 1. The fraction of sp³-hybridized carbons (Fsp3) is 0.375. The van der Waals surface area contributed by atoms with Crippen LogP contribution in [0.15, 0.2) is 36.4 Å². The second kappa shape index (κ2) is 6.16. The molecule has 0 aliphatic rings. The molecule has 102 valence electrons. The molecule has 0 amide bonds. The predicted octanol–water partition coefficient (Wildman–Crippen LogP) is 4.84. The second-order valence-electron chi connectivity index (χ2n) is 4.97. The van der Waals surface area contributed by atoms with Gasteiger partial charge in [0.15, 0.2) is 0 Å². The molecule has 1 aromatic heterocycles. The lowest BCUT2D eigenvalue weighted by atomic mass is 10.0. The van der Waals surface area contributed by atoms with Crippen molar-refractivity contribution in [3.63, 3.8) is 0 Å². The van der Waals surface area contributed by atoms with Crippen molar-refractivity contribution in [1.82, 2.24) is 4.68 Å². The molecule has 2 aromatic rings. The van der Waals surface area contributed by atoms with Gasteiger partial charge in [0.25, 0.3) is 0 Å². The van der Waals surface area contributed by atoms with Crippen molar-refractivity contribution in [3.05, 3.63) is 58.4 Å². The molecule has 0 spiro atoms. The Balaban J connectivity index is 2.23. The van der Waals surface area contributed by atoms with E-state index >= 15 is 0 Å². The molecule has 2 nitrogen and oxygen atoms in total. The van der Waals surface area contributed by atoms with Gasteiger partial charge in [-0.05, 0) is 50.1 Å². The fourth-order valence-corrected chi connectivity index (χ4v) is 2.44. The highest BCUT2D eigenvalue weighted by Gasteiger charge is 2.12. The van der Waals surface area contributed by atoms with Crippen LogP contribution in [-0.2, 0) is 0 Å². The van der Waals surface area contributed by atoms with E-state index in [-0.39, 0.29) is 0 Å².